The van der Waals surface area contributed by atoms with Crippen LogP contribution in [0.25, 0.3) is 0 Å². The van der Waals surface area contributed by atoms with Crippen molar-refractivity contribution < 1.29 is 9.53 Å². The van der Waals surface area contributed by atoms with Crippen LogP contribution < -0.4 is 4.74 Å². The molecule has 1 amide bonds. The fourth-order valence-electron chi connectivity index (χ4n) is 2.72. The smallest absolute Gasteiger partial charge is 0.255 e. The molecule has 0 radical (unpaired) electrons. The molecule has 126 valence electrons. The Hall–Kier alpha value is -1.59. The predicted octanol–water partition coefficient (Wildman–Crippen LogP) is 4.49. The number of ether oxygens (including phenoxy) is 1. The highest BCUT2D eigenvalue weighted by atomic mass is 79.9. The first-order chi connectivity index (χ1) is 11.5. The standard InChI is InChI=1S/C18H18BrClN2O2/c1-12-2-4-15(11-21-12)24-14-6-8-22(9-7-14)18(23)16-10-13(19)3-5-17(16)20/h2-5,10-11,14H,6-9H2,1H3. The van der Waals surface area contributed by atoms with Gasteiger partial charge in [-0.2, -0.15) is 0 Å². The van der Waals surface area contributed by atoms with Crippen molar-refractivity contribution in [2.75, 3.05) is 13.1 Å². The summed E-state index contributed by atoms with van der Waals surface area (Å²) in [6.45, 7) is 3.26. The molecule has 1 fully saturated rings. The van der Waals surface area contributed by atoms with Crippen molar-refractivity contribution in [3.63, 3.8) is 0 Å². The van der Waals surface area contributed by atoms with Crippen molar-refractivity contribution in [3.05, 3.63) is 57.3 Å². The van der Waals surface area contributed by atoms with E-state index in [1.54, 1.807) is 18.3 Å². The lowest BCUT2D eigenvalue weighted by Crippen LogP contribution is -2.41. The Morgan fingerprint density at radius 2 is 2.04 bits per heavy atom. The van der Waals surface area contributed by atoms with E-state index in [0.29, 0.717) is 23.7 Å². The SMILES string of the molecule is Cc1ccc(OC2CCN(C(=O)c3cc(Br)ccc3Cl)CC2)cn1. The van der Waals surface area contributed by atoms with Gasteiger partial charge >= 0.3 is 0 Å². The van der Waals surface area contributed by atoms with Crippen molar-refractivity contribution >= 4 is 33.4 Å². The van der Waals surface area contributed by atoms with Gasteiger partial charge in [0.2, 0.25) is 0 Å². The molecule has 1 saturated heterocycles. The third-order valence-electron chi connectivity index (χ3n) is 4.07. The first kappa shape index (κ1) is 17.2. The number of carbonyl (C=O) groups is 1. The lowest BCUT2D eigenvalue weighted by molar-refractivity contribution is 0.0595. The van der Waals surface area contributed by atoms with Crippen LogP contribution in [-0.2, 0) is 0 Å². The van der Waals surface area contributed by atoms with Gasteiger partial charge in [-0.1, -0.05) is 27.5 Å². The topological polar surface area (TPSA) is 42.4 Å². The Kier molecular flexibility index (Phi) is 5.41. The number of likely N-dealkylation sites (tertiary alicyclic amines) is 1. The van der Waals surface area contributed by atoms with Gasteiger partial charge in [0.1, 0.15) is 11.9 Å². The summed E-state index contributed by atoms with van der Waals surface area (Å²) in [6, 6.07) is 9.20. The van der Waals surface area contributed by atoms with E-state index >= 15 is 0 Å². The van der Waals surface area contributed by atoms with E-state index in [9.17, 15) is 4.79 Å². The summed E-state index contributed by atoms with van der Waals surface area (Å²) in [5.41, 5.74) is 1.50. The molecule has 1 aromatic carbocycles. The quantitative estimate of drug-likeness (QED) is 0.750. The van der Waals surface area contributed by atoms with E-state index in [-0.39, 0.29) is 12.0 Å². The molecular weight excluding hydrogens is 392 g/mol. The van der Waals surface area contributed by atoms with Gasteiger partial charge in [-0.05, 0) is 37.3 Å². The molecule has 1 aliphatic rings. The fourth-order valence-corrected chi connectivity index (χ4v) is 3.28. The number of aryl methyl sites for hydroxylation is 1. The van der Waals surface area contributed by atoms with Crippen LogP contribution in [0.1, 0.15) is 28.9 Å². The highest BCUT2D eigenvalue weighted by Gasteiger charge is 2.26. The molecule has 0 saturated carbocycles. The molecule has 24 heavy (non-hydrogen) atoms. The first-order valence-corrected chi connectivity index (χ1v) is 9.03. The molecule has 3 rings (SSSR count). The number of halogens is 2. The van der Waals surface area contributed by atoms with Crippen LogP contribution in [0.4, 0.5) is 0 Å². The number of nitrogens with zero attached hydrogens (tertiary/aromatic N) is 2. The number of hydrogen-bond donors (Lipinski definition) is 0. The van der Waals surface area contributed by atoms with Crippen LogP contribution in [0.5, 0.6) is 5.75 Å². The van der Waals surface area contributed by atoms with Gasteiger partial charge < -0.3 is 9.64 Å². The Labute approximate surface area is 154 Å². The minimum atomic E-state index is -0.0308. The van der Waals surface area contributed by atoms with Gasteiger partial charge in [0.05, 0.1) is 16.8 Å². The number of hydrogen-bond acceptors (Lipinski definition) is 3. The highest BCUT2D eigenvalue weighted by Crippen LogP contribution is 2.25. The van der Waals surface area contributed by atoms with E-state index in [1.807, 2.05) is 30.0 Å². The lowest BCUT2D eigenvalue weighted by atomic mass is 10.1. The van der Waals surface area contributed by atoms with E-state index in [0.717, 1.165) is 28.8 Å². The summed E-state index contributed by atoms with van der Waals surface area (Å²) < 4.78 is 6.80. The number of benzene rings is 1. The van der Waals surface area contributed by atoms with Crippen LogP contribution >= 0.6 is 27.5 Å². The molecule has 0 unspecified atom stereocenters. The number of aromatic nitrogens is 1. The summed E-state index contributed by atoms with van der Waals surface area (Å²) in [5.74, 6) is 0.747. The molecular formula is C18H18BrClN2O2. The summed E-state index contributed by atoms with van der Waals surface area (Å²) in [7, 11) is 0. The molecule has 1 aromatic heterocycles. The average Bonchev–Trinajstić information content (AvgIpc) is 2.59. The van der Waals surface area contributed by atoms with Crippen LogP contribution in [0.2, 0.25) is 5.02 Å². The Morgan fingerprint density at radius 3 is 2.71 bits per heavy atom. The minimum Gasteiger partial charge on any atom is -0.489 e. The molecule has 1 aliphatic heterocycles. The number of amides is 1. The van der Waals surface area contributed by atoms with Crippen molar-refractivity contribution in [1.82, 2.24) is 9.88 Å². The maximum Gasteiger partial charge on any atom is 0.255 e. The normalized spacial score (nSPS) is 15.4. The van der Waals surface area contributed by atoms with E-state index in [4.69, 9.17) is 16.3 Å². The Balaban J connectivity index is 1.59. The van der Waals surface area contributed by atoms with Crippen LogP contribution in [0.3, 0.4) is 0 Å². The van der Waals surface area contributed by atoms with Gasteiger partial charge in [0.25, 0.3) is 5.91 Å². The third-order valence-corrected chi connectivity index (χ3v) is 4.90. The number of rotatable bonds is 3. The largest absolute Gasteiger partial charge is 0.489 e. The first-order valence-electron chi connectivity index (χ1n) is 7.86. The van der Waals surface area contributed by atoms with E-state index in [1.165, 1.54) is 0 Å². The monoisotopic (exact) mass is 408 g/mol. The summed E-state index contributed by atoms with van der Waals surface area (Å²) >= 11 is 9.54. The summed E-state index contributed by atoms with van der Waals surface area (Å²) in [6.07, 6.45) is 3.45. The van der Waals surface area contributed by atoms with Crippen LogP contribution in [0.15, 0.2) is 41.0 Å². The molecule has 0 bridgehead atoms. The van der Waals surface area contributed by atoms with Gasteiger partial charge in [0.15, 0.2) is 0 Å². The molecule has 2 heterocycles. The Bertz CT molecular complexity index is 728. The van der Waals surface area contributed by atoms with Gasteiger partial charge in [-0.3, -0.25) is 9.78 Å². The number of pyridine rings is 1. The number of carbonyl (C=O) groups excluding carboxylic acids is 1. The number of piperidine rings is 1. The van der Waals surface area contributed by atoms with Gasteiger partial charge in [-0.25, -0.2) is 0 Å². The van der Waals surface area contributed by atoms with Crippen LogP contribution in [-0.4, -0.2) is 35.0 Å². The molecule has 2 aromatic rings. The van der Waals surface area contributed by atoms with Crippen LogP contribution in [0, 0.1) is 6.92 Å². The zero-order valence-electron chi connectivity index (χ0n) is 13.3. The predicted molar refractivity (Wildman–Crippen MR) is 97.7 cm³/mol. The fraction of sp³-hybridized carbons (Fsp3) is 0.333. The van der Waals surface area contributed by atoms with Crippen molar-refractivity contribution in [1.29, 1.82) is 0 Å². The second-order valence-corrected chi connectivity index (χ2v) is 7.19. The van der Waals surface area contributed by atoms with Crippen molar-refractivity contribution in [2.45, 2.75) is 25.9 Å². The Morgan fingerprint density at radius 1 is 1.29 bits per heavy atom. The van der Waals surface area contributed by atoms with Gasteiger partial charge in [0, 0.05) is 36.1 Å². The molecule has 4 nitrogen and oxygen atoms in total. The highest BCUT2D eigenvalue weighted by molar-refractivity contribution is 9.10. The van der Waals surface area contributed by atoms with Gasteiger partial charge in [-0.15, -0.1) is 0 Å². The van der Waals surface area contributed by atoms with Crippen molar-refractivity contribution in [3.8, 4) is 5.75 Å². The molecule has 0 N–H and O–H groups in total. The minimum absolute atomic E-state index is 0.0308. The summed E-state index contributed by atoms with van der Waals surface area (Å²) in [5, 5.41) is 0.479. The zero-order valence-corrected chi connectivity index (χ0v) is 15.7. The molecule has 0 atom stereocenters. The molecule has 6 heteroatoms. The average molecular weight is 410 g/mol. The summed E-state index contributed by atoms with van der Waals surface area (Å²) in [4.78, 5) is 18.7. The molecule has 0 aliphatic carbocycles. The zero-order chi connectivity index (χ0) is 17.1. The molecule has 0 spiro atoms. The third kappa shape index (κ3) is 4.08. The second kappa shape index (κ2) is 7.53. The second-order valence-electron chi connectivity index (χ2n) is 5.87. The lowest BCUT2D eigenvalue weighted by Gasteiger charge is -2.32. The maximum absolute atomic E-state index is 12.6. The van der Waals surface area contributed by atoms with E-state index < -0.39 is 0 Å². The maximum atomic E-state index is 12.6. The van der Waals surface area contributed by atoms with Crippen molar-refractivity contribution in [2.24, 2.45) is 0 Å². The van der Waals surface area contributed by atoms with E-state index in [2.05, 4.69) is 20.9 Å².